The van der Waals surface area contributed by atoms with Gasteiger partial charge in [-0.2, -0.15) is 0 Å². The first kappa shape index (κ1) is 13.9. The van der Waals surface area contributed by atoms with Crippen LogP contribution in [-0.2, 0) is 0 Å². The van der Waals surface area contributed by atoms with E-state index in [9.17, 15) is 0 Å². The van der Waals surface area contributed by atoms with Gasteiger partial charge in [0.05, 0.1) is 0 Å². The lowest BCUT2D eigenvalue weighted by Crippen LogP contribution is -2.47. The Balaban J connectivity index is 0.000000141. The molecule has 2 aliphatic rings. The second kappa shape index (κ2) is 6.59. The Bertz CT molecular complexity index is 408. The largest absolute Gasteiger partial charge is 0.382 e. The number of piperidine rings is 1. The highest BCUT2D eigenvalue weighted by Crippen LogP contribution is 2.20. The molecule has 1 fully saturated rings. The molecule has 4 N–H and O–H groups in total. The predicted molar refractivity (Wildman–Crippen MR) is 78.5 cm³/mol. The summed E-state index contributed by atoms with van der Waals surface area (Å²) in [4.78, 5) is 5.09. The van der Waals surface area contributed by atoms with Crippen molar-refractivity contribution in [2.24, 2.45) is 5.73 Å². The molecule has 4 nitrogen and oxygen atoms in total. The molecule has 0 spiro atoms. The van der Waals surface area contributed by atoms with Gasteiger partial charge in [0.2, 0.25) is 0 Å². The molecular formula is C15H23N3O. The molecule has 0 radical (unpaired) electrons. The highest BCUT2D eigenvalue weighted by Gasteiger charge is 2.19. The number of hydrogen-bond donors (Lipinski definition) is 3. The van der Waals surface area contributed by atoms with Crippen molar-refractivity contribution >= 4 is 6.08 Å². The van der Waals surface area contributed by atoms with Crippen molar-refractivity contribution in [1.82, 2.24) is 10.8 Å². The van der Waals surface area contributed by atoms with Gasteiger partial charge in [-0.3, -0.25) is 0 Å². The minimum atomic E-state index is 0.427. The van der Waals surface area contributed by atoms with Crippen molar-refractivity contribution in [2.45, 2.75) is 44.8 Å². The summed E-state index contributed by atoms with van der Waals surface area (Å²) >= 11 is 0. The van der Waals surface area contributed by atoms with Crippen molar-refractivity contribution in [1.29, 1.82) is 0 Å². The number of hydrogen-bond acceptors (Lipinski definition) is 4. The lowest BCUT2D eigenvalue weighted by molar-refractivity contribution is 0.239. The third kappa shape index (κ3) is 4.26. The molecule has 2 unspecified atom stereocenters. The van der Waals surface area contributed by atoms with Gasteiger partial charge in [-0.15, -0.1) is 0 Å². The predicted octanol–water partition coefficient (Wildman–Crippen LogP) is 2.03. The average Bonchev–Trinajstić information content (AvgIpc) is 2.38. The number of nitrogens with one attached hydrogen (secondary N) is 2. The highest BCUT2D eigenvalue weighted by atomic mass is 16.6. The van der Waals surface area contributed by atoms with E-state index < -0.39 is 0 Å². The summed E-state index contributed by atoms with van der Waals surface area (Å²) < 4.78 is 0. The van der Waals surface area contributed by atoms with Gasteiger partial charge in [-0.25, -0.2) is 5.48 Å². The first-order valence-electron chi connectivity index (χ1n) is 6.84. The van der Waals surface area contributed by atoms with Crippen LogP contribution in [0.5, 0.6) is 5.75 Å². The SMILES string of the molecule is C1=Cc2ccccc2ON1.CC1CC(N)CC(C)N1. The maximum Gasteiger partial charge on any atom is 0.162 e. The van der Waals surface area contributed by atoms with E-state index in [2.05, 4.69) is 24.6 Å². The van der Waals surface area contributed by atoms with Crippen LogP contribution in [0, 0.1) is 0 Å². The Morgan fingerprint density at radius 1 is 1.16 bits per heavy atom. The summed E-state index contributed by atoms with van der Waals surface area (Å²) in [7, 11) is 0. The quantitative estimate of drug-likeness (QED) is 0.669. The van der Waals surface area contributed by atoms with Crippen molar-refractivity contribution in [2.75, 3.05) is 0 Å². The Kier molecular flexibility index (Phi) is 4.82. The van der Waals surface area contributed by atoms with Crippen LogP contribution in [0.15, 0.2) is 30.5 Å². The molecular weight excluding hydrogens is 238 g/mol. The van der Waals surface area contributed by atoms with E-state index in [4.69, 9.17) is 10.6 Å². The standard InChI is InChI=1S/C8H7NO.C7H16N2/c1-2-4-8-7(3-1)5-6-9-10-8;1-5-3-7(8)4-6(2)9-5/h1-6,9H;5-7,9H,3-4,8H2,1-2H3. The van der Waals surface area contributed by atoms with Crippen LogP contribution in [-0.4, -0.2) is 18.1 Å². The Labute approximate surface area is 115 Å². The molecule has 0 bridgehead atoms. The first-order valence-corrected chi connectivity index (χ1v) is 6.84. The molecule has 0 saturated carbocycles. The van der Waals surface area contributed by atoms with E-state index >= 15 is 0 Å². The van der Waals surface area contributed by atoms with E-state index in [1.54, 1.807) is 6.20 Å². The maximum atomic E-state index is 5.78. The third-order valence-electron chi connectivity index (χ3n) is 3.30. The number of hydroxylamine groups is 1. The fourth-order valence-electron chi connectivity index (χ4n) is 2.56. The lowest BCUT2D eigenvalue weighted by atomic mass is 9.96. The molecule has 1 saturated heterocycles. The molecule has 0 amide bonds. The average molecular weight is 261 g/mol. The van der Waals surface area contributed by atoms with E-state index in [1.807, 2.05) is 30.3 Å². The molecule has 104 valence electrons. The van der Waals surface area contributed by atoms with Gasteiger partial charge in [0.15, 0.2) is 5.75 Å². The highest BCUT2D eigenvalue weighted by molar-refractivity contribution is 5.57. The zero-order valence-corrected chi connectivity index (χ0v) is 11.6. The van der Waals surface area contributed by atoms with Crippen molar-refractivity contribution < 1.29 is 4.84 Å². The Morgan fingerprint density at radius 2 is 1.84 bits per heavy atom. The molecule has 2 atom stereocenters. The number of fused-ring (bicyclic) bond motifs is 1. The van der Waals surface area contributed by atoms with Crippen LogP contribution in [0.25, 0.3) is 6.08 Å². The summed E-state index contributed by atoms with van der Waals surface area (Å²) in [5, 5.41) is 3.43. The van der Waals surface area contributed by atoms with E-state index in [1.165, 1.54) is 0 Å². The molecule has 0 aromatic heterocycles. The molecule has 2 heterocycles. The van der Waals surface area contributed by atoms with Crippen LogP contribution >= 0.6 is 0 Å². The lowest BCUT2D eigenvalue weighted by Gasteiger charge is -2.30. The van der Waals surface area contributed by atoms with Gasteiger partial charge in [-0.05, 0) is 38.8 Å². The van der Waals surface area contributed by atoms with E-state index in [0.29, 0.717) is 18.1 Å². The summed E-state index contributed by atoms with van der Waals surface area (Å²) in [5.74, 6) is 0.880. The van der Waals surface area contributed by atoms with E-state index in [-0.39, 0.29) is 0 Å². The molecule has 1 aromatic carbocycles. The third-order valence-corrected chi connectivity index (χ3v) is 3.30. The topological polar surface area (TPSA) is 59.3 Å². The Hall–Kier alpha value is -1.52. The number of nitrogens with two attached hydrogens (primary N) is 1. The molecule has 19 heavy (non-hydrogen) atoms. The van der Waals surface area contributed by atoms with Crippen LogP contribution in [0.3, 0.4) is 0 Å². The smallest absolute Gasteiger partial charge is 0.162 e. The second-order valence-corrected chi connectivity index (χ2v) is 5.29. The summed E-state index contributed by atoms with van der Waals surface area (Å²) in [5.41, 5.74) is 9.55. The normalized spacial score (nSPS) is 28.3. The van der Waals surface area contributed by atoms with Gasteiger partial charge in [0.25, 0.3) is 0 Å². The fourth-order valence-corrected chi connectivity index (χ4v) is 2.56. The van der Waals surface area contributed by atoms with Gasteiger partial charge in [0, 0.05) is 29.9 Å². The van der Waals surface area contributed by atoms with Crippen LogP contribution in [0.4, 0.5) is 0 Å². The molecule has 1 aromatic rings. The minimum absolute atomic E-state index is 0.427. The zero-order chi connectivity index (χ0) is 13.7. The zero-order valence-electron chi connectivity index (χ0n) is 11.6. The summed E-state index contributed by atoms with van der Waals surface area (Å²) in [6.45, 7) is 4.38. The van der Waals surface area contributed by atoms with Crippen LogP contribution < -0.4 is 21.4 Å². The second-order valence-electron chi connectivity index (χ2n) is 5.29. The Morgan fingerprint density at radius 3 is 2.47 bits per heavy atom. The fraction of sp³-hybridized carbons (Fsp3) is 0.467. The molecule has 0 aliphatic carbocycles. The van der Waals surface area contributed by atoms with Crippen LogP contribution in [0.2, 0.25) is 0 Å². The summed E-state index contributed by atoms with van der Waals surface area (Å²) in [6, 6.07) is 9.51. The van der Waals surface area contributed by atoms with Crippen molar-refractivity contribution in [3.63, 3.8) is 0 Å². The monoisotopic (exact) mass is 261 g/mol. The van der Waals surface area contributed by atoms with E-state index in [0.717, 1.165) is 24.2 Å². The summed E-state index contributed by atoms with van der Waals surface area (Å²) in [6.07, 6.45) is 6.00. The molecule has 4 heteroatoms. The number of para-hydroxylation sites is 1. The van der Waals surface area contributed by atoms with Crippen LogP contribution in [0.1, 0.15) is 32.3 Å². The first-order chi connectivity index (χ1) is 9.15. The van der Waals surface area contributed by atoms with Gasteiger partial charge in [-0.1, -0.05) is 18.2 Å². The maximum absolute atomic E-state index is 5.78. The molecule has 3 rings (SSSR count). The van der Waals surface area contributed by atoms with Gasteiger partial charge >= 0.3 is 0 Å². The number of benzene rings is 1. The van der Waals surface area contributed by atoms with Gasteiger partial charge < -0.3 is 15.9 Å². The van der Waals surface area contributed by atoms with Crippen molar-refractivity contribution in [3.8, 4) is 5.75 Å². The molecule has 2 aliphatic heterocycles. The van der Waals surface area contributed by atoms with Gasteiger partial charge in [0.1, 0.15) is 0 Å². The number of rotatable bonds is 0. The van der Waals surface area contributed by atoms with Crippen molar-refractivity contribution in [3.05, 3.63) is 36.0 Å². The minimum Gasteiger partial charge on any atom is -0.382 e.